The summed E-state index contributed by atoms with van der Waals surface area (Å²) in [4.78, 5) is 13.2. The lowest BCUT2D eigenvalue weighted by molar-refractivity contribution is 0.102. The fourth-order valence-corrected chi connectivity index (χ4v) is 2.77. The van der Waals surface area contributed by atoms with Crippen molar-refractivity contribution in [2.45, 2.75) is 4.90 Å². The van der Waals surface area contributed by atoms with Crippen molar-refractivity contribution in [1.82, 2.24) is 0 Å². The van der Waals surface area contributed by atoms with Gasteiger partial charge in [0.25, 0.3) is 5.91 Å². The Morgan fingerprint density at radius 1 is 1.11 bits per heavy atom. The second-order valence-corrected chi connectivity index (χ2v) is 5.64. The largest absolute Gasteiger partial charge is 0.321 e. The van der Waals surface area contributed by atoms with Gasteiger partial charge in [0.15, 0.2) is 0 Å². The Morgan fingerprint density at radius 3 is 2.50 bits per heavy atom. The van der Waals surface area contributed by atoms with Gasteiger partial charge in [-0.05, 0) is 53.1 Å². The third-order valence-electron chi connectivity index (χ3n) is 2.47. The number of nitrogens with one attached hydrogen (secondary N) is 1. The van der Waals surface area contributed by atoms with Crippen molar-refractivity contribution in [1.29, 1.82) is 0 Å². The summed E-state index contributed by atoms with van der Waals surface area (Å²) in [5, 5.41) is 2.95. The number of carbonyl (C=O) groups excluding carboxylic acids is 1. The molecule has 0 unspecified atom stereocenters. The molecule has 0 bridgehead atoms. The molecule has 18 heavy (non-hydrogen) atoms. The first-order valence-corrected chi connectivity index (χ1v) is 7.71. The average Bonchev–Trinajstić information content (AvgIpc) is 2.39. The molecular weight excluding hydrogens is 357 g/mol. The van der Waals surface area contributed by atoms with Crippen molar-refractivity contribution < 1.29 is 4.79 Å². The number of para-hydroxylation sites is 1. The van der Waals surface area contributed by atoms with Crippen molar-refractivity contribution >= 4 is 45.9 Å². The van der Waals surface area contributed by atoms with Crippen LogP contribution in [-0.4, -0.2) is 12.2 Å². The van der Waals surface area contributed by atoms with E-state index in [0.717, 1.165) is 14.2 Å². The topological polar surface area (TPSA) is 29.1 Å². The lowest BCUT2D eigenvalue weighted by Gasteiger charge is -2.10. The molecule has 4 heteroatoms. The van der Waals surface area contributed by atoms with Gasteiger partial charge in [0.1, 0.15) is 0 Å². The van der Waals surface area contributed by atoms with Crippen LogP contribution in [0.15, 0.2) is 53.4 Å². The van der Waals surface area contributed by atoms with Gasteiger partial charge in [0.05, 0.1) is 11.3 Å². The summed E-state index contributed by atoms with van der Waals surface area (Å²) in [6.45, 7) is 0. The minimum atomic E-state index is -0.0681. The highest BCUT2D eigenvalue weighted by molar-refractivity contribution is 14.1. The molecule has 0 radical (unpaired) electrons. The first-order chi connectivity index (χ1) is 8.72. The van der Waals surface area contributed by atoms with Gasteiger partial charge in [-0.3, -0.25) is 4.79 Å². The fraction of sp³-hybridized carbons (Fsp3) is 0.0714. The van der Waals surface area contributed by atoms with E-state index in [1.165, 1.54) is 0 Å². The van der Waals surface area contributed by atoms with Crippen LogP contribution in [0.5, 0.6) is 0 Å². The van der Waals surface area contributed by atoms with Crippen LogP contribution in [0.1, 0.15) is 10.4 Å². The highest BCUT2D eigenvalue weighted by Crippen LogP contribution is 2.25. The van der Waals surface area contributed by atoms with E-state index < -0.39 is 0 Å². The Labute approximate surface area is 124 Å². The number of anilines is 1. The van der Waals surface area contributed by atoms with Crippen molar-refractivity contribution in [3.05, 3.63) is 57.7 Å². The monoisotopic (exact) mass is 369 g/mol. The zero-order valence-electron chi connectivity index (χ0n) is 9.81. The van der Waals surface area contributed by atoms with E-state index in [1.807, 2.05) is 54.8 Å². The second kappa shape index (κ2) is 6.24. The number of benzene rings is 2. The van der Waals surface area contributed by atoms with Crippen LogP contribution in [0.2, 0.25) is 0 Å². The number of thioether (sulfide) groups is 1. The van der Waals surface area contributed by atoms with Gasteiger partial charge in [0, 0.05) is 8.47 Å². The summed E-state index contributed by atoms with van der Waals surface area (Å²) in [7, 11) is 0. The van der Waals surface area contributed by atoms with Gasteiger partial charge < -0.3 is 5.32 Å². The molecule has 92 valence electrons. The molecule has 0 spiro atoms. The van der Waals surface area contributed by atoms with Gasteiger partial charge in [0.2, 0.25) is 0 Å². The van der Waals surface area contributed by atoms with Gasteiger partial charge in [-0.1, -0.05) is 24.3 Å². The Kier molecular flexibility index (Phi) is 4.66. The van der Waals surface area contributed by atoms with Crippen LogP contribution in [0.3, 0.4) is 0 Å². The summed E-state index contributed by atoms with van der Waals surface area (Å²) < 4.78 is 0.953. The third-order valence-corrected chi connectivity index (χ3v) is 4.21. The van der Waals surface area contributed by atoms with Crippen molar-refractivity contribution in [3.63, 3.8) is 0 Å². The second-order valence-electron chi connectivity index (χ2n) is 3.63. The fourth-order valence-electron chi connectivity index (χ4n) is 1.58. The van der Waals surface area contributed by atoms with Gasteiger partial charge in [-0.25, -0.2) is 0 Å². The van der Waals surface area contributed by atoms with Crippen molar-refractivity contribution in [2.75, 3.05) is 11.6 Å². The lowest BCUT2D eigenvalue weighted by Crippen LogP contribution is -2.13. The molecule has 0 aromatic heterocycles. The number of amides is 1. The number of rotatable bonds is 3. The van der Waals surface area contributed by atoms with E-state index >= 15 is 0 Å². The van der Waals surface area contributed by atoms with E-state index in [1.54, 1.807) is 11.8 Å². The van der Waals surface area contributed by atoms with Crippen molar-refractivity contribution in [3.8, 4) is 0 Å². The van der Waals surface area contributed by atoms with Crippen LogP contribution in [0.25, 0.3) is 0 Å². The molecule has 0 fully saturated rings. The zero-order valence-corrected chi connectivity index (χ0v) is 12.8. The van der Waals surface area contributed by atoms with Crippen LogP contribution in [-0.2, 0) is 0 Å². The summed E-state index contributed by atoms with van der Waals surface area (Å²) >= 11 is 3.79. The quantitative estimate of drug-likeness (QED) is 0.647. The highest BCUT2D eigenvalue weighted by atomic mass is 127. The predicted molar refractivity (Wildman–Crippen MR) is 85.3 cm³/mol. The highest BCUT2D eigenvalue weighted by Gasteiger charge is 2.10. The number of carbonyl (C=O) groups is 1. The Balaban J connectivity index is 2.24. The molecule has 2 aromatic carbocycles. The standard InChI is InChI=1S/C14H12INOS/c1-18-13-9-5-4-8-12(13)16-14(17)10-6-2-3-7-11(10)15/h2-9H,1H3,(H,16,17). The average molecular weight is 369 g/mol. The smallest absolute Gasteiger partial charge is 0.256 e. The van der Waals surface area contributed by atoms with Crippen LogP contribution < -0.4 is 5.32 Å². The first kappa shape index (κ1) is 13.4. The zero-order chi connectivity index (χ0) is 13.0. The maximum atomic E-state index is 12.2. The normalized spacial score (nSPS) is 10.1. The molecule has 0 aliphatic rings. The summed E-state index contributed by atoms with van der Waals surface area (Å²) in [6.07, 6.45) is 2.00. The van der Waals surface area contributed by atoms with Crippen LogP contribution in [0.4, 0.5) is 5.69 Å². The lowest BCUT2D eigenvalue weighted by atomic mass is 10.2. The summed E-state index contributed by atoms with van der Waals surface area (Å²) in [6, 6.07) is 15.4. The third kappa shape index (κ3) is 3.05. The van der Waals surface area contributed by atoms with E-state index in [-0.39, 0.29) is 5.91 Å². The Bertz CT molecular complexity index is 571. The molecule has 0 saturated carbocycles. The van der Waals surface area contributed by atoms with Gasteiger partial charge in [-0.2, -0.15) is 0 Å². The molecular formula is C14H12INOS. The number of halogens is 1. The summed E-state index contributed by atoms with van der Waals surface area (Å²) in [5.41, 5.74) is 1.56. The molecule has 2 rings (SSSR count). The number of hydrogen-bond donors (Lipinski definition) is 1. The van der Waals surface area contributed by atoms with E-state index in [4.69, 9.17) is 0 Å². The Morgan fingerprint density at radius 2 is 1.78 bits per heavy atom. The summed E-state index contributed by atoms with van der Waals surface area (Å²) in [5.74, 6) is -0.0681. The SMILES string of the molecule is CSc1ccccc1NC(=O)c1ccccc1I. The molecule has 0 heterocycles. The van der Waals surface area contributed by atoms with Crippen molar-refractivity contribution in [2.24, 2.45) is 0 Å². The molecule has 1 amide bonds. The maximum absolute atomic E-state index is 12.2. The van der Waals surface area contributed by atoms with Crippen LogP contribution >= 0.6 is 34.4 Å². The molecule has 2 aromatic rings. The van der Waals surface area contributed by atoms with Gasteiger partial charge >= 0.3 is 0 Å². The molecule has 0 atom stereocenters. The molecule has 2 nitrogen and oxygen atoms in total. The number of hydrogen-bond acceptors (Lipinski definition) is 2. The first-order valence-electron chi connectivity index (χ1n) is 5.41. The minimum absolute atomic E-state index is 0.0681. The van der Waals surface area contributed by atoms with Gasteiger partial charge in [-0.15, -0.1) is 11.8 Å². The van der Waals surface area contributed by atoms with E-state index in [2.05, 4.69) is 27.9 Å². The van der Waals surface area contributed by atoms with E-state index in [9.17, 15) is 4.79 Å². The van der Waals surface area contributed by atoms with E-state index in [0.29, 0.717) is 5.56 Å². The maximum Gasteiger partial charge on any atom is 0.256 e. The molecule has 0 aliphatic heterocycles. The molecule has 0 aliphatic carbocycles. The minimum Gasteiger partial charge on any atom is -0.321 e. The Hall–Kier alpha value is -1.01. The predicted octanol–water partition coefficient (Wildman–Crippen LogP) is 4.27. The van der Waals surface area contributed by atoms with Crippen LogP contribution in [0, 0.1) is 3.57 Å². The molecule has 0 saturated heterocycles. The molecule has 1 N–H and O–H groups in total.